The standard InChI is InChI=1S/C21H28FN3O6/c1-21(2,3)31-20(28)25-11-9-24(10-12-25)16-8-6-7-14(22)18(16)23-15(19(27)30-5)13-17(26)29-4/h6-8,13,23H,9-12H2,1-5H3/b15-13+. The van der Waals surface area contributed by atoms with Gasteiger partial charge in [-0.3, -0.25) is 0 Å². The number of anilines is 2. The molecule has 0 unspecified atom stereocenters. The summed E-state index contributed by atoms with van der Waals surface area (Å²) < 4.78 is 29.3. The van der Waals surface area contributed by atoms with Gasteiger partial charge in [-0.05, 0) is 32.9 Å². The number of halogens is 1. The molecule has 1 aromatic rings. The van der Waals surface area contributed by atoms with Gasteiger partial charge < -0.3 is 29.3 Å². The second-order valence-corrected chi connectivity index (χ2v) is 7.79. The van der Waals surface area contributed by atoms with Crippen molar-refractivity contribution in [3.8, 4) is 0 Å². The molecule has 1 heterocycles. The number of piperazine rings is 1. The van der Waals surface area contributed by atoms with Crippen LogP contribution in [0.1, 0.15) is 20.8 Å². The van der Waals surface area contributed by atoms with Crippen LogP contribution in [0.4, 0.5) is 20.6 Å². The minimum Gasteiger partial charge on any atom is -0.466 e. The molecule has 1 saturated heterocycles. The smallest absolute Gasteiger partial charge is 0.410 e. The molecule has 1 amide bonds. The summed E-state index contributed by atoms with van der Waals surface area (Å²) in [5.41, 5.74) is -0.380. The number of hydrogen-bond acceptors (Lipinski definition) is 8. The average molecular weight is 437 g/mol. The van der Waals surface area contributed by atoms with E-state index in [2.05, 4.69) is 14.8 Å². The molecule has 10 heteroatoms. The van der Waals surface area contributed by atoms with Crippen molar-refractivity contribution in [3.05, 3.63) is 35.8 Å². The minimum atomic E-state index is -0.852. The molecule has 0 bridgehead atoms. The molecule has 0 saturated carbocycles. The Morgan fingerprint density at radius 3 is 2.26 bits per heavy atom. The molecule has 0 spiro atoms. The van der Waals surface area contributed by atoms with E-state index < -0.39 is 29.5 Å². The predicted octanol–water partition coefficient (Wildman–Crippen LogP) is 2.52. The highest BCUT2D eigenvalue weighted by Crippen LogP contribution is 2.31. The van der Waals surface area contributed by atoms with Crippen LogP contribution in [-0.2, 0) is 23.8 Å². The van der Waals surface area contributed by atoms with Gasteiger partial charge in [0.1, 0.15) is 17.1 Å². The van der Waals surface area contributed by atoms with Gasteiger partial charge >= 0.3 is 18.0 Å². The highest BCUT2D eigenvalue weighted by molar-refractivity contribution is 5.99. The van der Waals surface area contributed by atoms with Gasteiger partial charge in [0.2, 0.25) is 0 Å². The summed E-state index contributed by atoms with van der Waals surface area (Å²) >= 11 is 0. The van der Waals surface area contributed by atoms with E-state index in [9.17, 15) is 18.8 Å². The van der Waals surface area contributed by atoms with Gasteiger partial charge in [-0.25, -0.2) is 18.8 Å². The molecule has 1 aromatic carbocycles. The molecule has 1 N–H and O–H groups in total. The lowest BCUT2D eigenvalue weighted by molar-refractivity contribution is -0.138. The monoisotopic (exact) mass is 437 g/mol. The summed E-state index contributed by atoms with van der Waals surface area (Å²) in [6, 6.07) is 4.45. The first-order valence-corrected chi connectivity index (χ1v) is 9.72. The molecule has 170 valence electrons. The fourth-order valence-electron chi connectivity index (χ4n) is 2.92. The van der Waals surface area contributed by atoms with Gasteiger partial charge in [0.05, 0.1) is 31.7 Å². The quantitative estimate of drug-likeness (QED) is 0.426. The Hall–Kier alpha value is -3.30. The van der Waals surface area contributed by atoms with Gasteiger partial charge in [0.15, 0.2) is 0 Å². The van der Waals surface area contributed by atoms with Crippen molar-refractivity contribution in [1.29, 1.82) is 0 Å². The summed E-state index contributed by atoms with van der Waals surface area (Å²) in [5.74, 6) is -2.27. The van der Waals surface area contributed by atoms with E-state index >= 15 is 0 Å². The third-order valence-electron chi connectivity index (χ3n) is 4.39. The number of hydrogen-bond donors (Lipinski definition) is 1. The lowest BCUT2D eigenvalue weighted by atomic mass is 10.2. The zero-order chi connectivity index (χ0) is 23.2. The Labute approximate surface area is 180 Å². The van der Waals surface area contributed by atoms with Gasteiger partial charge in [-0.2, -0.15) is 0 Å². The van der Waals surface area contributed by atoms with Gasteiger partial charge in [-0.1, -0.05) is 6.07 Å². The maximum atomic E-state index is 14.7. The predicted molar refractivity (Wildman–Crippen MR) is 112 cm³/mol. The topological polar surface area (TPSA) is 97.4 Å². The van der Waals surface area contributed by atoms with Gasteiger partial charge in [0, 0.05) is 26.2 Å². The van der Waals surface area contributed by atoms with Crippen LogP contribution in [0.25, 0.3) is 0 Å². The first kappa shape index (κ1) is 24.0. The van der Waals surface area contributed by atoms with Crippen molar-refractivity contribution in [2.75, 3.05) is 50.6 Å². The van der Waals surface area contributed by atoms with E-state index in [1.807, 2.05) is 4.90 Å². The molecule has 0 atom stereocenters. The van der Waals surface area contributed by atoms with E-state index in [1.165, 1.54) is 12.1 Å². The molecular weight excluding hydrogens is 409 g/mol. The highest BCUT2D eigenvalue weighted by atomic mass is 19.1. The number of nitrogens with zero attached hydrogens (tertiary/aromatic N) is 2. The number of benzene rings is 1. The van der Waals surface area contributed by atoms with Crippen LogP contribution in [-0.4, -0.2) is 68.9 Å². The van der Waals surface area contributed by atoms with Crippen LogP contribution in [0.3, 0.4) is 0 Å². The number of nitrogens with one attached hydrogen (secondary N) is 1. The number of rotatable bonds is 5. The molecule has 2 rings (SSSR count). The van der Waals surface area contributed by atoms with Crippen LogP contribution in [0, 0.1) is 5.82 Å². The summed E-state index contributed by atoms with van der Waals surface area (Å²) in [6.07, 6.45) is 0.487. The fraction of sp³-hybridized carbons (Fsp3) is 0.476. The van der Waals surface area contributed by atoms with Crippen molar-refractivity contribution < 1.29 is 33.0 Å². The van der Waals surface area contributed by atoms with Crippen LogP contribution < -0.4 is 10.2 Å². The second kappa shape index (κ2) is 10.1. The van der Waals surface area contributed by atoms with Crippen molar-refractivity contribution in [2.45, 2.75) is 26.4 Å². The Bertz CT molecular complexity index is 857. The lowest BCUT2D eigenvalue weighted by Crippen LogP contribution is -2.50. The maximum absolute atomic E-state index is 14.7. The Balaban J connectivity index is 2.22. The zero-order valence-electron chi connectivity index (χ0n) is 18.4. The molecule has 0 aliphatic carbocycles. The molecule has 0 aromatic heterocycles. The number of methoxy groups -OCH3 is 2. The molecule has 0 radical (unpaired) electrons. The summed E-state index contributed by atoms with van der Waals surface area (Å²) in [6.45, 7) is 7.00. The minimum absolute atomic E-state index is 0.00812. The van der Waals surface area contributed by atoms with Crippen molar-refractivity contribution in [1.82, 2.24) is 4.90 Å². The molecule has 1 fully saturated rings. The highest BCUT2D eigenvalue weighted by Gasteiger charge is 2.28. The van der Waals surface area contributed by atoms with Crippen LogP contribution >= 0.6 is 0 Å². The summed E-state index contributed by atoms with van der Waals surface area (Å²) in [4.78, 5) is 39.4. The summed E-state index contributed by atoms with van der Waals surface area (Å²) in [7, 11) is 2.31. The van der Waals surface area contributed by atoms with Gasteiger partial charge in [-0.15, -0.1) is 0 Å². The SMILES string of the molecule is COC(=O)/C=C(/Nc1c(F)cccc1N1CCN(C(=O)OC(C)(C)C)CC1)C(=O)OC. The average Bonchev–Trinajstić information content (AvgIpc) is 2.72. The van der Waals surface area contributed by atoms with Crippen molar-refractivity contribution in [2.24, 2.45) is 0 Å². The normalized spacial score (nSPS) is 14.7. The fourth-order valence-corrected chi connectivity index (χ4v) is 2.92. The number of esters is 2. The van der Waals surface area contributed by atoms with Gasteiger partial charge in [0.25, 0.3) is 0 Å². The number of para-hydroxylation sites is 1. The number of amides is 1. The molecule has 1 aliphatic rings. The van der Waals surface area contributed by atoms with Crippen molar-refractivity contribution >= 4 is 29.4 Å². The summed E-state index contributed by atoms with van der Waals surface area (Å²) in [5, 5.41) is 2.66. The van der Waals surface area contributed by atoms with E-state index in [0.29, 0.717) is 31.9 Å². The first-order valence-electron chi connectivity index (χ1n) is 9.72. The number of carbonyl (C=O) groups is 3. The van der Waals surface area contributed by atoms with Crippen LogP contribution in [0.5, 0.6) is 0 Å². The zero-order valence-corrected chi connectivity index (χ0v) is 18.4. The number of carbonyl (C=O) groups excluding carboxylic acids is 3. The third kappa shape index (κ3) is 6.59. The van der Waals surface area contributed by atoms with Crippen LogP contribution in [0.2, 0.25) is 0 Å². The Kier molecular flexibility index (Phi) is 7.84. The molecule has 31 heavy (non-hydrogen) atoms. The first-order chi connectivity index (χ1) is 14.6. The molecular formula is C21H28FN3O6. The second-order valence-electron chi connectivity index (χ2n) is 7.79. The van der Waals surface area contributed by atoms with E-state index in [4.69, 9.17) is 4.74 Å². The third-order valence-corrected chi connectivity index (χ3v) is 4.39. The van der Waals surface area contributed by atoms with E-state index in [1.54, 1.807) is 31.7 Å². The molecule has 9 nitrogen and oxygen atoms in total. The van der Waals surface area contributed by atoms with Crippen molar-refractivity contribution in [3.63, 3.8) is 0 Å². The largest absolute Gasteiger partial charge is 0.466 e. The number of ether oxygens (including phenoxy) is 3. The Morgan fingerprint density at radius 1 is 1.06 bits per heavy atom. The lowest BCUT2D eigenvalue weighted by Gasteiger charge is -2.37. The molecule has 1 aliphatic heterocycles. The Morgan fingerprint density at radius 2 is 1.71 bits per heavy atom. The van der Waals surface area contributed by atoms with Crippen LogP contribution in [0.15, 0.2) is 30.0 Å². The van der Waals surface area contributed by atoms with E-state index in [0.717, 1.165) is 20.3 Å². The maximum Gasteiger partial charge on any atom is 0.410 e. The van der Waals surface area contributed by atoms with E-state index in [-0.39, 0.29) is 11.4 Å².